The number of carboxylic acids is 1. The maximum Gasteiger partial charge on any atom is 0.309 e. The van der Waals surface area contributed by atoms with Crippen molar-refractivity contribution in [1.82, 2.24) is 4.90 Å². The number of nitrogens with zero attached hydrogens (tertiary/aromatic N) is 1. The van der Waals surface area contributed by atoms with Gasteiger partial charge in [-0.2, -0.15) is 0 Å². The number of carbonyl (C=O) groups excluding carboxylic acids is 1. The molecule has 1 saturated carbocycles. The Kier molecular flexibility index (Phi) is 2.77. The van der Waals surface area contributed by atoms with E-state index in [2.05, 4.69) is 0 Å². The van der Waals surface area contributed by atoms with Crippen molar-refractivity contribution >= 4 is 11.9 Å². The second kappa shape index (κ2) is 4.33. The van der Waals surface area contributed by atoms with E-state index in [1.54, 1.807) is 23.1 Å². The van der Waals surface area contributed by atoms with Crippen LogP contribution in [0.15, 0.2) is 24.3 Å². The van der Waals surface area contributed by atoms with Gasteiger partial charge in [0.05, 0.1) is 12.0 Å². The minimum atomic E-state index is -1.04. The fraction of sp³-hybridized carbons (Fsp3) is 0.429. The molecule has 19 heavy (non-hydrogen) atoms. The molecule has 2 atom stereocenters. The van der Waals surface area contributed by atoms with E-state index in [0.29, 0.717) is 5.56 Å². The number of amides is 1. The molecule has 0 bridgehead atoms. The molecule has 2 fully saturated rings. The molecule has 2 aliphatic rings. The Bertz CT molecular complexity index is 541. The average Bonchev–Trinajstić information content (AvgIpc) is 3.13. The molecule has 5 heteroatoms. The summed E-state index contributed by atoms with van der Waals surface area (Å²) in [5.41, 5.74) is 0.313. The number of hydrogen-bond acceptors (Lipinski definition) is 2. The van der Waals surface area contributed by atoms with Gasteiger partial charge < -0.3 is 10.0 Å². The van der Waals surface area contributed by atoms with Crippen LogP contribution in [0.1, 0.15) is 30.9 Å². The maximum atomic E-state index is 13.9. The first-order valence-corrected chi connectivity index (χ1v) is 6.38. The molecule has 1 saturated heterocycles. The highest BCUT2D eigenvalue weighted by Crippen LogP contribution is 2.45. The van der Waals surface area contributed by atoms with Crippen LogP contribution in [0.4, 0.5) is 4.39 Å². The molecule has 3 rings (SSSR count). The van der Waals surface area contributed by atoms with Crippen LogP contribution in [0.25, 0.3) is 0 Å². The minimum Gasteiger partial charge on any atom is -0.481 e. The van der Waals surface area contributed by atoms with E-state index in [1.807, 2.05) is 0 Å². The molecule has 100 valence electrons. The van der Waals surface area contributed by atoms with Crippen LogP contribution in [0.5, 0.6) is 0 Å². The van der Waals surface area contributed by atoms with Gasteiger partial charge in [0.25, 0.3) is 0 Å². The Hall–Kier alpha value is -1.91. The van der Waals surface area contributed by atoms with Gasteiger partial charge >= 0.3 is 5.97 Å². The van der Waals surface area contributed by atoms with Gasteiger partial charge in [-0.05, 0) is 18.9 Å². The van der Waals surface area contributed by atoms with Crippen LogP contribution >= 0.6 is 0 Å². The summed E-state index contributed by atoms with van der Waals surface area (Å²) in [7, 11) is 0. The molecule has 0 radical (unpaired) electrons. The van der Waals surface area contributed by atoms with Gasteiger partial charge in [-0.15, -0.1) is 0 Å². The summed E-state index contributed by atoms with van der Waals surface area (Å²) >= 11 is 0. The molecule has 1 aromatic rings. The second-order valence-electron chi connectivity index (χ2n) is 5.15. The molecule has 1 amide bonds. The topological polar surface area (TPSA) is 57.6 Å². The van der Waals surface area contributed by atoms with Crippen molar-refractivity contribution in [2.45, 2.75) is 31.3 Å². The number of hydrogen-bond donors (Lipinski definition) is 1. The van der Waals surface area contributed by atoms with E-state index in [1.165, 1.54) is 6.07 Å². The number of carboxylic acid groups (broad SMARTS) is 1. The number of halogens is 1. The number of aliphatic carboxylic acids is 1. The third-order valence-electron chi connectivity index (χ3n) is 3.84. The van der Waals surface area contributed by atoms with E-state index >= 15 is 0 Å². The van der Waals surface area contributed by atoms with Gasteiger partial charge in [-0.25, -0.2) is 4.39 Å². The van der Waals surface area contributed by atoms with Crippen LogP contribution < -0.4 is 0 Å². The van der Waals surface area contributed by atoms with E-state index in [4.69, 9.17) is 0 Å². The van der Waals surface area contributed by atoms with Crippen LogP contribution in [-0.4, -0.2) is 27.9 Å². The fourth-order valence-corrected chi connectivity index (χ4v) is 2.84. The lowest BCUT2D eigenvalue weighted by Gasteiger charge is -2.27. The molecule has 2 unspecified atom stereocenters. The SMILES string of the molecule is O=C(O)C1CC(=O)N(C2CC2)C1c1ccccc1F. The standard InChI is InChI=1S/C14H14FNO3/c15-11-4-2-1-3-9(11)13-10(14(18)19)7-12(17)16(13)8-5-6-8/h1-4,8,10,13H,5-7H2,(H,18,19). The van der Waals surface area contributed by atoms with E-state index in [-0.39, 0.29) is 18.4 Å². The molecular weight excluding hydrogens is 249 g/mol. The number of rotatable bonds is 3. The second-order valence-corrected chi connectivity index (χ2v) is 5.15. The number of carbonyl (C=O) groups is 2. The van der Waals surface area contributed by atoms with E-state index in [0.717, 1.165) is 12.8 Å². The Morgan fingerprint density at radius 2 is 2.00 bits per heavy atom. The van der Waals surface area contributed by atoms with Crippen LogP contribution in [0.2, 0.25) is 0 Å². The zero-order valence-electron chi connectivity index (χ0n) is 10.3. The quantitative estimate of drug-likeness (QED) is 0.907. The van der Waals surface area contributed by atoms with Crippen LogP contribution in [-0.2, 0) is 9.59 Å². The smallest absolute Gasteiger partial charge is 0.309 e. The third kappa shape index (κ3) is 1.99. The summed E-state index contributed by atoms with van der Waals surface area (Å²) in [6, 6.07) is 5.53. The summed E-state index contributed by atoms with van der Waals surface area (Å²) in [6.45, 7) is 0. The molecule has 4 nitrogen and oxygen atoms in total. The average molecular weight is 263 g/mol. The van der Waals surface area contributed by atoms with Crippen LogP contribution in [0.3, 0.4) is 0 Å². The molecular formula is C14H14FNO3. The molecule has 1 aliphatic carbocycles. The third-order valence-corrected chi connectivity index (χ3v) is 3.84. The number of likely N-dealkylation sites (tertiary alicyclic amines) is 1. The highest BCUT2D eigenvalue weighted by Gasteiger charge is 2.50. The van der Waals surface area contributed by atoms with Crippen molar-refractivity contribution in [3.05, 3.63) is 35.6 Å². The molecule has 1 aromatic carbocycles. The Labute approximate surface area is 109 Å². The van der Waals surface area contributed by atoms with Crippen molar-refractivity contribution in [2.24, 2.45) is 5.92 Å². The largest absolute Gasteiger partial charge is 0.481 e. The number of benzene rings is 1. The Morgan fingerprint density at radius 3 is 2.58 bits per heavy atom. The lowest BCUT2D eigenvalue weighted by molar-refractivity contribution is -0.142. The van der Waals surface area contributed by atoms with E-state index < -0.39 is 23.7 Å². The van der Waals surface area contributed by atoms with Gasteiger partial charge in [-0.1, -0.05) is 18.2 Å². The lowest BCUT2D eigenvalue weighted by atomic mass is 9.93. The highest BCUT2D eigenvalue weighted by atomic mass is 19.1. The first-order valence-electron chi connectivity index (χ1n) is 6.38. The Balaban J connectivity index is 2.04. The molecule has 0 spiro atoms. The first kappa shape index (κ1) is 12.1. The lowest BCUT2D eigenvalue weighted by Crippen LogP contribution is -2.33. The maximum absolute atomic E-state index is 13.9. The fourth-order valence-electron chi connectivity index (χ4n) is 2.84. The van der Waals surface area contributed by atoms with Gasteiger partial charge in [0, 0.05) is 18.0 Å². The molecule has 0 aromatic heterocycles. The van der Waals surface area contributed by atoms with Crippen molar-refractivity contribution in [1.29, 1.82) is 0 Å². The summed E-state index contributed by atoms with van der Waals surface area (Å²) in [6.07, 6.45) is 1.72. The summed E-state index contributed by atoms with van der Waals surface area (Å²) < 4.78 is 13.9. The minimum absolute atomic E-state index is 0.0369. The summed E-state index contributed by atoms with van der Waals surface area (Å²) in [5, 5.41) is 9.27. The van der Waals surface area contributed by atoms with E-state index in [9.17, 15) is 19.1 Å². The predicted molar refractivity (Wildman–Crippen MR) is 64.8 cm³/mol. The van der Waals surface area contributed by atoms with Crippen molar-refractivity contribution in [2.75, 3.05) is 0 Å². The normalized spacial score (nSPS) is 26.8. The molecule has 1 aliphatic heterocycles. The van der Waals surface area contributed by atoms with Crippen LogP contribution in [0, 0.1) is 11.7 Å². The predicted octanol–water partition coefficient (Wildman–Crippen LogP) is 1.96. The van der Waals surface area contributed by atoms with Gasteiger partial charge in [0.1, 0.15) is 5.82 Å². The van der Waals surface area contributed by atoms with Gasteiger partial charge in [0.2, 0.25) is 5.91 Å². The van der Waals surface area contributed by atoms with Crippen molar-refractivity contribution in [3.63, 3.8) is 0 Å². The van der Waals surface area contributed by atoms with Crippen molar-refractivity contribution < 1.29 is 19.1 Å². The zero-order chi connectivity index (χ0) is 13.6. The monoisotopic (exact) mass is 263 g/mol. The van der Waals surface area contributed by atoms with Gasteiger partial charge in [0.15, 0.2) is 0 Å². The first-order chi connectivity index (χ1) is 9.09. The zero-order valence-corrected chi connectivity index (χ0v) is 10.3. The summed E-state index contributed by atoms with van der Waals surface area (Å²) in [5.74, 6) is -2.52. The summed E-state index contributed by atoms with van der Waals surface area (Å²) in [4.78, 5) is 24.9. The van der Waals surface area contributed by atoms with Crippen molar-refractivity contribution in [3.8, 4) is 0 Å². The molecule has 1 heterocycles. The highest BCUT2D eigenvalue weighted by molar-refractivity contribution is 5.87. The van der Waals surface area contributed by atoms with Gasteiger partial charge in [-0.3, -0.25) is 9.59 Å². The Morgan fingerprint density at radius 1 is 1.32 bits per heavy atom. The molecule has 1 N–H and O–H groups in total.